The summed E-state index contributed by atoms with van der Waals surface area (Å²) in [6, 6.07) is 5.88. The maximum atomic E-state index is 4.45. The summed E-state index contributed by atoms with van der Waals surface area (Å²) in [7, 11) is 1.86. The standard InChI is InChI=1S/C11H14N4/c1-8-9(2)15(7-13-8)11-6-4-5-10(12-3)14-11/h4-7H,1-3H3,(H,12,14). The smallest absolute Gasteiger partial charge is 0.140 e. The zero-order valence-corrected chi connectivity index (χ0v) is 9.15. The molecule has 2 heterocycles. The number of nitrogens with one attached hydrogen (secondary N) is 1. The Balaban J connectivity index is 2.49. The van der Waals surface area contributed by atoms with Gasteiger partial charge in [0.1, 0.15) is 18.0 Å². The zero-order valence-electron chi connectivity index (χ0n) is 9.15. The molecule has 4 nitrogen and oxygen atoms in total. The molecule has 0 fully saturated rings. The molecular formula is C11H14N4. The van der Waals surface area contributed by atoms with Crippen LogP contribution >= 0.6 is 0 Å². The second-order valence-electron chi connectivity index (χ2n) is 3.42. The molecule has 0 bridgehead atoms. The molecule has 1 N–H and O–H groups in total. The van der Waals surface area contributed by atoms with E-state index in [-0.39, 0.29) is 0 Å². The molecule has 0 aliphatic carbocycles. The van der Waals surface area contributed by atoms with E-state index in [2.05, 4.69) is 15.3 Å². The van der Waals surface area contributed by atoms with Crippen LogP contribution in [0.2, 0.25) is 0 Å². The maximum Gasteiger partial charge on any atom is 0.140 e. The third-order valence-corrected chi connectivity index (χ3v) is 2.49. The van der Waals surface area contributed by atoms with Gasteiger partial charge in [-0.3, -0.25) is 4.57 Å². The summed E-state index contributed by atoms with van der Waals surface area (Å²) in [5.74, 6) is 1.75. The van der Waals surface area contributed by atoms with Crippen molar-refractivity contribution in [1.82, 2.24) is 14.5 Å². The van der Waals surface area contributed by atoms with E-state index in [1.54, 1.807) is 6.33 Å². The van der Waals surface area contributed by atoms with Gasteiger partial charge < -0.3 is 5.32 Å². The summed E-state index contributed by atoms with van der Waals surface area (Å²) in [4.78, 5) is 8.70. The zero-order chi connectivity index (χ0) is 10.8. The molecule has 0 amide bonds. The SMILES string of the molecule is CNc1cccc(-n2cnc(C)c2C)n1. The molecule has 15 heavy (non-hydrogen) atoms. The molecule has 2 aromatic rings. The first-order chi connectivity index (χ1) is 7.22. The Kier molecular flexibility index (Phi) is 2.41. The summed E-state index contributed by atoms with van der Waals surface area (Å²) < 4.78 is 1.98. The quantitative estimate of drug-likeness (QED) is 0.809. The Labute approximate surface area is 89.0 Å². The van der Waals surface area contributed by atoms with Crippen molar-refractivity contribution in [2.45, 2.75) is 13.8 Å². The number of imidazole rings is 1. The number of rotatable bonds is 2. The number of hydrogen-bond acceptors (Lipinski definition) is 3. The first-order valence-electron chi connectivity index (χ1n) is 4.88. The van der Waals surface area contributed by atoms with Crippen LogP contribution in [0.15, 0.2) is 24.5 Å². The summed E-state index contributed by atoms with van der Waals surface area (Å²) in [6.07, 6.45) is 1.80. The van der Waals surface area contributed by atoms with Crippen LogP contribution in [-0.4, -0.2) is 21.6 Å². The Hall–Kier alpha value is -1.84. The van der Waals surface area contributed by atoms with Gasteiger partial charge in [0, 0.05) is 12.7 Å². The van der Waals surface area contributed by atoms with E-state index in [9.17, 15) is 0 Å². The normalized spacial score (nSPS) is 10.3. The molecule has 2 aromatic heterocycles. The molecule has 0 radical (unpaired) electrons. The fourth-order valence-electron chi connectivity index (χ4n) is 1.43. The molecule has 0 aliphatic heterocycles. The first-order valence-corrected chi connectivity index (χ1v) is 4.88. The van der Waals surface area contributed by atoms with Crippen molar-refractivity contribution in [3.05, 3.63) is 35.9 Å². The van der Waals surface area contributed by atoms with Crippen LogP contribution in [0.5, 0.6) is 0 Å². The second-order valence-corrected chi connectivity index (χ2v) is 3.42. The van der Waals surface area contributed by atoms with Crippen molar-refractivity contribution in [2.75, 3.05) is 12.4 Å². The predicted molar refractivity (Wildman–Crippen MR) is 60.4 cm³/mol. The minimum atomic E-state index is 0.859. The van der Waals surface area contributed by atoms with Gasteiger partial charge in [0.2, 0.25) is 0 Å². The molecule has 0 atom stereocenters. The third-order valence-electron chi connectivity index (χ3n) is 2.49. The van der Waals surface area contributed by atoms with Crippen LogP contribution < -0.4 is 5.32 Å². The molecule has 0 aromatic carbocycles. The summed E-state index contributed by atoms with van der Waals surface area (Å²) >= 11 is 0. The molecule has 0 spiro atoms. The number of pyridine rings is 1. The van der Waals surface area contributed by atoms with E-state index < -0.39 is 0 Å². The maximum absolute atomic E-state index is 4.45. The highest BCUT2D eigenvalue weighted by Gasteiger charge is 2.05. The van der Waals surface area contributed by atoms with Crippen LogP contribution in [0.3, 0.4) is 0 Å². The van der Waals surface area contributed by atoms with Crippen molar-refractivity contribution in [3.8, 4) is 5.82 Å². The highest BCUT2D eigenvalue weighted by Crippen LogP contribution is 2.13. The molecular weight excluding hydrogens is 188 g/mol. The topological polar surface area (TPSA) is 42.7 Å². The lowest BCUT2D eigenvalue weighted by atomic mass is 10.3. The number of hydrogen-bond donors (Lipinski definition) is 1. The average Bonchev–Trinajstić information content (AvgIpc) is 2.60. The van der Waals surface area contributed by atoms with Crippen LogP contribution in [0.25, 0.3) is 5.82 Å². The fraction of sp³-hybridized carbons (Fsp3) is 0.273. The number of aromatic nitrogens is 3. The van der Waals surface area contributed by atoms with Crippen molar-refractivity contribution >= 4 is 5.82 Å². The third kappa shape index (κ3) is 1.70. The lowest BCUT2D eigenvalue weighted by molar-refractivity contribution is 0.951. The van der Waals surface area contributed by atoms with Gasteiger partial charge >= 0.3 is 0 Å². The highest BCUT2D eigenvalue weighted by molar-refractivity contribution is 5.40. The second kappa shape index (κ2) is 3.73. The van der Waals surface area contributed by atoms with E-state index in [0.717, 1.165) is 23.0 Å². The number of anilines is 1. The van der Waals surface area contributed by atoms with Gasteiger partial charge in [0.05, 0.1) is 5.69 Å². The van der Waals surface area contributed by atoms with Crippen LogP contribution in [-0.2, 0) is 0 Å². The lowest BCUT2D eigenvalue weighted by Gasteiger charge is -2.06. The van der Waals surface area contributed by atoms with Gasteiger partial charge in [-0.05, 0) is 26.0 Å². The van der Waals surface area contributed by atoms with Gasteiger partial charge in [0.15, 0.2) is 0 Å². The lowest BCUT2D eigenvalue weighted by Crippen LogP contribution is -2.01. The Bertz CT molecular complexity index is 473. The van der Waals surface area contributed by atoms with Gasteiger partial charge in [-0.25, -0.2) is 9.97 Å². The highest BCUT2D eigenvalue weighted by atomic mass is 15.1. The van der Waals surface area contributed by atoms with E-state index in [4.69, 9.17) is 0 Å². The summed E-state index contributed by atoms with van der Waals surface area (Å²) in [6.45, 7) is 4.03. The van der Waals surface area contributed by atoms with E-state index in [1.807, 2.05) is 43.7 Å². The van der Waals surface area contributed by atoms with E-state index in [0.29, 0.717) is 0 Å². The fourth-order valence-corrected chi connectivity index (χ4v) is 1.43. The molecule has 0 aliphatic rings. The van der Waals surface area contributed by atoms with Gasteiger partial charge in [-0.2, -0.15) is 0 Å². The average molecular weight is 202 g/mol. The molecule has 0 saturated heterocycles. The van der Waals surface area contributed by atoms with Crippen molar-refractivity contribution in [2.24, 2.45) is 0 Å². The summed E-state index contributed by atoms with van der Waals surface area (Å²) in [5, 5.41) is 3.02. The van der Waals surface area contributed by atoms with Crippen molar-refractivity contribution < 1.29 is 0 Å². The monoisotopic (exact) mass is 202 g/mol. The van der Waals surface area contributed by atoms with Crippen LogP contribution in [0.1, 0.15) is 11.4 Å². The first kappa shape index (κ1) is 9.71. The number of aryl methyl sites for hydroxylation is 1. The van der Waals surface area contributed by atoms with Crippen molar-refractivity contribution in [1.29, 1.82) is 0 Å². The Morgan fingerprint density at radius 3 is 2.67 bits per heavy atom. The molecule has 78 valence electrons. The van der Waals surface area contributed by atoms with Crippen LogP contribution in [0.4, 0.5) is 5.82 Å². The number of nitrogens with zero attached hydrogens (tertiary/aromatic N) is 3. The van der Waals surface area contributed by atoms with Crippen molar-refractivity contribution in [3.63, 3.8) is 0 Å². The van der Waals surface area contributed by atoms with E-state index in [1.165, 1.54) is 0 Å². The largest absolute Gasteiger partial charge is 0.373 e. The molecule has 0 unspecified atom stereocenters. The Morgan fingerprint density at radius 2 is 2.07 bits per heavy atom. The molecule has 2 rings (SSSR count). The van der Waals surface area contributed by atoms with Gasteiger partial charge in [-0.15, -0.1) is 0 Å². The minimum Gasteiger partial charge on any atom is -0.373 e. The molecule has 0 saturated carbocycles. The van der Waals surface area contributed by atoms with Crippen LogP contribution in [0, 0.1) is 13.8 Å². The van der Waals surface area contributed by atoms with Gasteiger partial charge in [-0.1, -0.05) is 6.07 Å². The minimum absolute atomic E-state index is 0.859. The predicted octanol–water partition coefficient (Wildman–Crippen LogP) is 1.93. The summed E-state index contributed by atoms with van der Waals surface area (Å²) in [5.41, 5.74) is 2.16. The molecule has 4 heteroatoms. The Morgan fingerprint density at radius 1 is 1.27 bits per heavy atom. The van der Waals surface area contributed by atoms with E-state index >= 15 is 0 Å². The van der Waals surface area contributed by atoms with Gasteiger partial charge in [0.25, 0.3) is 0 Å².